The van der Waals surface area contributed by atoms with Crippen molar-refractivity contribution in [2.24, 2.45) is 5.73 Å². The van der Waals surface area contributed by atoms with Gasteiger partial charge in [-0.3, -0.25) is 9.69 Å². The van der Waals surface area contributed by atoms with Crippen molar-refractivity contribution < 1.29 is 14.4 Å². The second-order valence-electron chi connectivity index (χ2n) is 1.66. The van der Waals surface area contributed by atoms with Gasteiger partial charge in [-0.05, 0) is 0 Å². The number of imide groups is 1. The van der Waals surface area contributed by atoms with Crippen molar-refractivity contribution >= 4 is 18.2 Å². The number of urea groups is 1. The minimum absolute atomic E-state index is 0.306. The third-order valence-corrected chi connectivity index (χ3v) is 0.963. The average Bonchev–Trinajstić information content (AvgIpc) is 1.87. The fraction of sp³-hybridized carbons (Fsp3) is 0.400. The van der Waals surface area contributed by atoms with Crippen LogP contribution in [0.3, 0.4) is 0 Å². The van der Waals surface area contributed by atoms with Crippen molar-refractivity contribution in [3.63, 3.8) is 0 Å². The summed E-state index contributed by atoms with van der Waals surface area (Å²) in [6.45, 7) is 0. The molecule has 0 saturated carbocycles. The first-order valence-corrected chi connectivity index (χ1v) is 2.59. The minimum Gasteiger partial charge on any atom is -0.351 e. The Morgan fingerprint density at radius 2 is 2.10 bits per heavy atom. The highest BCUT2D eigenvalue weighted by atomic mass is 16.2. The van der Waals surface area contributed by atoms with Crippen molar-refractivity contribution in [3.8, 4) is 0 Å². The van der Waals surface area contributed by atoms with Crippen LogP contribution >= 0.6 is 0 Å². The van der Waals surface area contributed by atoms with Gasteiger partial charge in [-0.1, -0.05) is 0 Å². The molecule has 0 aromatic carbocycles. The third-order valence-electron chi connectivity index (χ3n) is 0.963. The molecule has 5 heteroatoms. The Morgan fingerprint density at radius 1 is 1.60 bits per heavy atom. The van der Waals surface area contributed by atoms with Crippen LogP contribution in [0.4, 0.5) is 4.79 Å². The van der Waals surface area contributed by atoms with Gasteiger partial charge in [-0.25, -0.2) is 4.79 Å². The van der Waals surface area contributed by atoms with Crippen LogP contribution < -0.4 is 5.73 Å². The van der Waals surface area contributed by atoms with E-state index in [0.717, 1.165) is 0 Å². The predicted octanol–water partition coefficient (Wildman–Crippen LogP) is -0.887. The smallest absolute Gasteiger partial charge is 0.321 e. The largest absolute Gasteiger partial charge is 0.351 e. The molecule has 0 rings (SSSR count). The van der Waals surface area contributed by atoms with Crippen molar-refractivity contribution in [2.75, 3.05) is 7.05 Å². The van der Waals surface area contributed by atoms with Crippen molar-refractivity contribution in [1.82, 2.24) is 4.90 Å². The van der Waals surface area contributed by atoms with Gasteiger partial charge in [0.1, 0.15) is 6.29 Å². The quantitative estimate of drug-likeness (QED) is 0.403. The number of hydrogen-bond acceptors (Lipinski definition) is 3. The summed E-state index contributed by atoms with van der Waals surface area (Å²) in [4.78, 5) is 31.2. The van der Waals surface area contributed by atoms with Gasteiger partial charge in [0.15, 0.2) is 0 Å². The molecule has 0 spiro atoms. The zero-order valence-corrected chi connectivity index (χ0v) is 5.53. The molecule has 0 atom stereocenters. The summed E-state index contributed by atoms with van der Waals surface area (Å²) in [6.07, 6.45) is 0.112. The molecule has 0 aliphatic carbocycles. The summed E-state index contributed by atoms with van der Waals surface area (Å²) >= 11 is 0. The van der Waals surface area contributed by atoms with E-state index in [4.69, 9.17) is 5.73 Å². The maximum absolute atomic E-state index is 10.6. The maximum Gasteiger partial charge on any atom is 0.321 e. The number of aldehydes is 1. The SMILES string of the molecule is CN(C(N)=O)C(=O)CC=O. The first kappa shape index (κ1) is 8.61. The molecular weight excluding hydrogens is 136 g/mol. The Kier molecular flexibility index (Phi) is 3.10. The molecule has 10 heavy (non-hydrogen) atoms. The van der Waals surface area contributed by atoms with Crippen LogP contribution in [0.25, 0.3) is 0 Å². The number of carbonyl (C=O) groups is 3. The van der Waals surface area contributed by atoms with Gasteiger partial charge in [0, 0.05) is 7.05 Å². The summed E-state index contributed by atoms with van der Waals surface area (Å²) in [5.41, 5.74) is 4.72. The zero-order chi connectivity index (χ0) is 8.15. The van der Waals surface area contributed by atoms with Gasteiger partial charge < -0.3 is 10.5 Å². The van der Waals surface area contributed by atoms with E-state index >= 15 is 0 Å². The number of carbonyl (C=O) groups excluding carboxylic acids is 3. The van der Waals surface area contributed by atoms with Crippen molar-refractivity contribution in [2.45, 2.75) is 6.42 Å². The highest BCUT2D eigenvalue weighted by Crippen LogP contribution is 1.85. The molecule has 0 aliphatic rings. The van der Waals surface area contributed by atoms with Crippen LogP contribution in [0.2, 0.25) is 0 Å². The minimum atomic E-state index is -0.855. The number of nitrogens with two attached hydrogens (primary N) is 1. The standard InChI is InChI=1S/C5H8N2O3/c1-7(5(6)10)4(9)2-3-8/h3H,2H2,1H3,(H2,6,10). The molecular formula is C5H8N2O3. The lowest BCUT2D eigenvalue weighted by molar-refractivity contribution is -0.129. The van der Waals surface area contributed by atoms with Gasteiger partial charge in [-0.2, -0.15) is 0 Å². The van der Waals surface area contributed by atoms with E-state index < -0.39 is 11.9 Å². The van der Waals surface area contributed by atoms with E-state index in [2.05, 4.69) is 0 Å². The Labute approximate surface area is 57.8 Å². The van der Waals surface area contributed by atoms with Crippen LogP contribution in [0.5, 0.6) is 0 Å². The molecule has 0 aromatic rings. The molecule has 0 heterocycles. The molecule has 5 nitrogen and oxygen atoms in total. The molecule has 0 aliphatic heterocycles. The van der Waals surface area contributed by atoms with Gasteiger partial charge in [0.05, 0.1) is 6.42 Å². The number of rotatable bonds is 2. The van der Waals surface area contributed by atoms with Crippen LogP contribution in [0, 0.1) is 0 Å². The maximum atomic E-state index is 10.6. The van der Waals surface area contributed by atoms with E-state index in [-0.39, 0.29) is 6.42 Å². The Balaban J connectivity index is 3.94. The number of primary amides is 1. The molecule has 0 bridgehead atoms. The number of hydrogen-bond donors (Lipinski definition) is 1. The number of nitrogens with zero attached hydrogens (tertiary/aromatic N) is 1. The van der Waals surface area contributed by atoms with Gasteiger partial charge in [-0.15, -0.1) is 0 Å². The van der Waals surface area contributed by atoms with Crippen LogP contribution in [0.1, 0.15) is 6.42 Å². The first-order valence-electron chi connectivity index (χ1n) is 2.59. The molecule has 2 N–H and O–H groups in total. The summed E-state index contributed by atoms with van der Waals surface area (Å²) in [5.74, 6) is -0.595. The fourth-order valence-electron chi connectivity index (χ4n) is 0.331. The van der Waals surface area contributed by atoms with E-state index in [1.54, 1.807) is 0 Å². The fourth-order valence-corrected chi connectivity index (χ4v) is 0.331. The highest BCUT2D eigenvalue weighted by molar-refractivity contribution is 5.98. The van der Waals surface area contributed by atoms with E-state index in [9.17, 15) is 14.4 Å². The lowest BCUT2D eigenvalue weighted by Crippen LogP contribution is -2.37. The average molecular weight is 144 g/mol. The summed E-state index contributed by atoms with van der Waals surface area (Å²) in [6, 6.07) is -0.855. The normalized spacial score (nSPS) is 8.50. The Hall–Kier alpha value is -1.39. The monoisotopic (exact) mass is 144 g/mol. The highest BCUT2D eigenvalue weighted by Gasteiger charge is 2.11. The Bertz CT molecular complexity index is 166. The third kappa shape index (κ3) is 2.25. The van der Waals surface area contributed by atoms with E-state index in [1.165, 1.54) is 7.05 Å². The van der Waals surface area contributed by atoms with Gasteiger partial charge in [0.2, 0.25) is 5.91 Å². The van der Waals surface area contributed by atoms with Crippen molar-refractivity contribution in [1.29, 1.82) is 0 Å². The summed E-state index contributed by atoms with van der Waals surface area (Å²) in [5, 5.41) is 0. The molecule has 0 unspecified atom stereocenters. The van der Waals surface area contributed by atoms with Crippen LogP contribution in [-0.4, -0.2) is 30.2 Å². The molecule has 56 valence electrons. The zero-order valence-electron chi connectivity index (χ0n) is 5.53. The van der Waals surface area contributed by atoms with Gasteiger partial charge in [0.25, 0.3) is 0 Å². The van der Waals surface area contributed by atoms with Crippen molar-refractivity contribution in [3.05, 3.63) is 0 Å². The molecule has 0 radical (unpaired) electrons. The second kappa shape index (κ2) is 3.60. The Morgan fingerprint density at radius 3 is 2.40 bits per heavy atom. The van der Waals surface area contributed by atoms with E-state index in [1.807, 2.05) is 0 Å². The molecule has 3 amide bonds. The lowest BCUT2D eigenvalue weighted by atomic mass is 10.4. The summed E-state index contributed by atoms with van der Waals surface area (Å²) in [7, 11) is 1.22. The first-order chi connectivity index (χ1) is 4.59. The topological polar surface area (TPSA) is 80.5 Å². The molecule has 0 fully saturated rings. The summed E-state index contributed by atoms with van der Waals surface area (Å²) < 4.78 is 0. The lowest BCUT2D eigenvalue weighted by Gasteiger charge is -2.08. The molecule has 0 aromatic heterocycles. The van der Waals surface area contributed by atoms with E-state index in [0.29, 0.717) is 11.2 Å². The number of amides is 3. The van der Waals surface area contributed by atoms with Crippen LogP contribution in [0.15, 0.2) is 0 Å². The second-order valence-corrected chi connectivity index (χ2v) is 1.66. The van der Waals surface area contributed by atoms with Gasteiger partial charge >= 0.3 is 6.03 Å². The predicted molar refractivity (Wildman–Crippen MR) is 33.0 cm³/mol. The van der Waals surface area contributed by atoms with Crippen LogP contribution in [-0.2, 0) is 9.59 Å². The molecule has 0 saturated heterocycles.